The standard InChI is InChI=1S/C10H10N4O4S2/c1-6-5-19-10(12-6)13-20(17,18)9-4-7(14(15)16)2-3-8(9)11/h2-5H,11H2,1H3,(H,12,13). The van der Waals surface area contributed by atoms with E-state index in [0.717, 1.165) is 23.5 Å². The molecule has 1 aromatic heterocycles. The fraction of sp³-hybridized carbons (Fsp3) is 0.100. The molecule has 3 N–H and O–H groups in total. The van der Waals surface area contributed by atoms with Gasteiger partial charge in [0, 0.05) is 17.5 Å². The summed E-state index contributed by atoms with van der Waals surface area (Å²) in [6.07, 6.45) is 0. The summed E-state index contributed by atoms with van der Waals surface area (Å²) in [6, 6.07) is 3.24. The highest BCUT2D eigenvalue weighted by molar-refractivity contribution is 7.93. The summed E-state index contributed by atoms with van der Waals surface area (Å²) in [5.41, 5.74) is 5.82. The van der Waals surface area contributed by atoms with Crippen molar-refractivity contribution in [1.82, 2.24) is 4.98 Å². The van der Waals surface area contributed by atoms with Crippen LogP contribution >= 0.6 is 11.3 Å². The number of rotatable bonds is 4. The Hall–Kier alpha value is -2.20. The van der Waals surface area contributed by atoms with Gasteiger partial charge in [-0.25, -0.2) is 13.4 Å². The molecule has 1 aromatic carbocycles. The van der Waals surface area contributed by atoms with Crippen LogP contribution in [0, 0.1) is 17.0 Å². The number of nitro benzene ring substituents is 1. The number of aryl methyl sites for hydroxylation is 1. The third-order valence-electron chi connectivity index (χ3n) is 2.34. The van der Waals surface area contributed by atoms with E-state index in [1.165, 1.54) is 6.07 Å². The van der Waals surface area contributed by atoms with Gasteiger partial charge in [-0.1, -0.05) is 0 Å². The van der Waals surface area contributed by atoms with Gasteiger partial charge in [-0.15, -0.1) is 11.3 Å². The van der Waals surface area contributed by atoms with E-state index in [1.54, 1.807) is 12.3 Å². The SMILES string of the molecule is Cc1csc(NS(=O)(=O)c2cc([N+](=O)[O-])ccc2N)n1. The first kappa shape index (κ1) is 14.2. The molecule has 0 unspecified atom stereocenters. The van der Waals surface area contributed by atoms with Gasteiger partial charge in [0.2, 0.25) is 0 Å². The third-order valence-corrected chi connectivity index (χ3v) is 4.74. The molecule has 0 aliphatic rings. The van der Waals surface area contributed by atoms with Crippen molar-refractivity contribution in [2.45, 2.75) is 11.8 Å². The number of aromatic nitrogens is 1. The summed E-state index contributed by atoms with van der Waals surface area (Å²) in [4.78, 5) is 13.6. The van der Waals surface area contributed by atoms with Crippen molar-refractivity contribution in [2.75, 3.05) is 10.5 Å². The van der Waals surface area contributed by atoms with Gasteiger partial charge in [0.05, 0.1) is 16.3 Å². The van der Waals surface area contributed by atoms with Crippen LogP contribution in [0.5, 0.6) is 0 Å². The Labute approximate surface area is 118 Å². The first-order valence-corrected chi connectivity index (χ1v) is 7.65. The van der Waals surface area contributed by atoms with Crippen LogP contribution in [0.2, 0.25) is 0 Å². The number of nitrogens with two attached hydrogens (primary N) is 1. The Bertz CT molecular complexity index is 769. The Balaban J connectivity index is 2.43. The summed E-state index contributed by atoms with van der Waals surface area (Å²) in [5.74, 6) is 0. The highest BCUT2D eigenvalue weighted by atomic mass is 32.2. The highest BCUT2D eigenvalue weighted by Gasteiger charge is 2.22. The van der Waals surface area contributed by atoms with E-state index in [4.69, 9.17) is 5.73 Å². The van der Waals surface area contributed by atoms with E-state index in [0.29, 0.717) is 5.69 Å². The number of nitrogens with one attached hydrogen (secondary N) is 1. The smallest absolute Gasteiger partial charge is 0.270 e. The first-order chi connectivity index (χ1) is 9.29. The summed E-state index contributed by atoms with van der Waals surface area (Å²) in [6.45, 7) is 1.72. The number of hydrogen-bond acceptors (Lipinski definition) is 7. The Morgan fingerprint density at radius 3 is 2.70 bits per heavy atom. The predicted molar refractivity (Wildman–Crippen MR) is 75.2 cm³/mol. The molecule has 0 fully saturated rings. The van der Waals surface area contributed by atoms with Crippen molar-refractivity contribution >= 4 is 37.9 Å². The normalized spacial score (nSPS) is 11.2. The van der Waals surface area contributed by atoms with Crippen molar-refractivity contribution in [2.24, 2.45) is 0 Å². The Kier molecular flexibility index (Phi) is 3.59. The second-order valence-corrected chi connectivity index (χ2v) is 6.39. The van der Waals surface area contributed by atoms with Crippen molar-refractivity contribution < 1.29 is 13.3 Å². The highest BCUT2D eigenvalue weighted by Crippen LogP contribution is 2.26. The van der Waals surface area contributed by atoms with Gasteiger partial charge in [0.1, 0.15) is 4.90 Å². The molecule has 0 radical (unpaired) electrons. The van der Waals surface area contributed by atoms with E-state index in [2.05, 4.69) is 9.71 Å². The number of nitrogens with zero attached hydrogens (tertiary/aromatic N) is 2. The molecule has 10 heteroatoms. The second-order valence-electron chi connectivity index (χ2n) is 3.88. The van der Waals surface area contributed by atoms with Gasteiger partial charge in [0.25, 0.3) is 15.7 Å². The number of non-ortho nitro benzene ring substituents is 1. The van der Waals surface area contributed by atoms with Crippen LogP contribution in [-0.2, 0) is 10.0 Å². The van der Waals surface area contributed by atoms with Crippen LogP contribution in [0.4, 0.5) is 16.5 Å². The summed E-state index contributed by atoms with van der Waals surface area (Å²) < 4.78 is 26.6. The molecule has 8 nitrogen and oxygen atoms in total. The fourth-order valence-corrected chi connectivity index (χ4v) is 3.53. The minimum Gasteiger partial charge on any atom is -0.398 e. The second kappa shape index (κ2) is 5.06. The van der Waals surface area contributed by atoms with Crippen LogP contribution in [0.15, 0.2) is 28.5 Å². The third kappa shape index (κ3) is 2.86. The molecule has 0 atom stereocenters. The lowest BCUT2D eigenvalue weighted by atomic mass is 10.3. The monoisotopic (exact) mass is 314 g/mol. The van der Waals surface area contributed by atoms with E-state index < -0.39 is 14.9 Å². The molecule has 1 heterocycles. The summed E-state index contributed by atoms with van der Waals surface area (Å²) in [5, 5.41) is 12.5. The fourth-order valence-electron chi connectivity index (χ4n) is 1.44. The molecular weight excluding hydrogens is 304 g/mol. The Morgan fingerprint density at radius 1 is 1.45 bits per heavy atom. The largest absolute Gasteiger partial charge is 0.398 e. The van der Waals surface area contributed by atoms with Gasteiger partial charge in [-0.3, -0.25) is 14.8 Å². The molecular formula is C10H10N4O4S2. The first-order valence-electron chi connectivity index (χ1n) is 5.28. The predicted octanol–water partition coefficient (Wildman–Crippen LogP) is 1.74. The number of anilines is 2. The van der Waals surface area contributed by atoms with E-state index >= 15 is 0 Å². The van der Waals surface area contributed by atoms with E-state index in [-0.39, 0.29) is 21.4 Å². The average Bonchev–Trinajstić information content (AvgIpc) is 2.73. The van der Waals surface area contributed by atoms with Gasteiger partial charge in [0.15, 0.2) is 5.13 Å². The van der Waals surface area contributed by atoms with E-state index in [9.17, 15) is 18.5 Å². The number of benzene rings is 1. The average molecular weight is 314 g/mol. The van der Waals surface area contributed by atoms with Crippen LogP contribution in [0.3, 0.4) is 0 Å². The van der Waals surface area contributed by atoms with Gasteiger partial charge in [-0.2, -0.15) is 0 Å². The zero-order valence-corrected chi connectivity index (χ0v) is 11.9. The number of sulfonamides is 1. The van der Waals surface area contributed by atoms with Crippen LogP contribution < -0.4 is 10.5 Å². The molecule has 2 aromatic rings. The number of thiazole rings is 1. The molecule has 0 bridgehead atoms. The van der Waals surface area contributed by atoms with Gasteiger partial charge in [-0.05, 0) is 13.0 Å². The molecule has 2 rings (SSSR count). The maximum Gasteiger partial charge on any atom is 0.270 e. The molecule has 0 saturated carbocycles. The lowest BCUT2D eigenvalue weighted by Crippen LogP contribution is -2.15. The number of nitro groups is 1. The minimum atomic E-state index is -4.02. The minimum absolute atomic E-state index is 0.0728. The zero-order valence-electron chi connectivity index (χ0n) is 10.2. The van der Waals surface area contributed by atoms with Crippen LogP contribution in [0.1, 0.15) is 5.69 Å². The topological polar surface area (TPSA) is 128 Å². The molecule has 0 amide bonds. The van der Waals surface area contributed by atoms with Crippen LogP contribution in [0.25, 0.3) is 0 Å². The maximum absolute atomic E-state index is 12.2. The quantitative estimate of drug-likeness (QED) is 0.502. The van der Waals surface area contributed by atoms with Gasteiger partial charge >= 0.3 is 0 Å². The van der Waals surface area contributed by atoms with Crippen LogP contribution in [-0.4, -0.2) is 18.3 Å². The Morgan fingerprint density at radius 2 is 2.15 bits per heavy atom. The lowest BCUT2D eigenvalue weighted by Gasteiger charge is -2.07. The van der Waals surface area contributed by atoms with E-state index in [1.807, 2.05) is 0 Å². The molecule has 0 aliphatic carbocycles. The molecule has 0 spiro atoms. The van der Waals surface area contributed by atoms with Crippen molar-refractivity contribution in [3.05, 3.63) is 39.4 Å². The number of nitrogen functional groups attached to an aromatic ring is 1. The van der Waals surface area contributed by atoms with Crippen molar-refractivity contribution in [3.8, 4) is 0 Å². The molecule has 0 aliphatic heterocycles. The lowest BCUT2D eigenvalue weighted by molar-refractivity contribution is -0.385. The van der Waals surface area contributed by atoms with Crippen molar-refractivity contribution in [3.63, 3.8) is 0 Å². The van der Waals surface area contributed by atoms with Gasteiger partial charge < -0.3 is 5.73 Å². The maximum atomic E-state index is 12.2. The molecule has 20 heavy (non-hydrogen) atoms. The summed E-state index contributed by atoms with van der Waals surface area (Å²) >= 11 is 1.11. The number of hydrogen-bond donors (Lipinski definition) is 2. The molecule has 106 valence electrons. The van der Waals surface area contributed by atoms with Crippen molar-refractivity contribution in [1.29, 1.82) is 0 Å². The zero-order chi connectivity index (χ0) is 14.9. The molecule has 0 saturated heterocycles. The summed E-state index contributed by atoms with van der Waals surface area (Å²) in [7, 11) is -4.02.